The fourth-order valence-corrected chi connectivity index (χ4v) is 2.09. The minimum atomic E-state index is -1.22. The van der Waals surface area contributed by atoms with Crippen LogP contribution >= 0.6 is 0 Å². The molecule has 0 saturated carbocycles. The standard InChI is InChI=1S/C17H25NO4/c1-4-18(5-2)11-12-22-15-9-7-14(8-10-17(19)20)13-16(15)21-6-3/h7-10,13H,4-6,11-12H2,1-3H3,(H,19,20)/b10-8+. The lowest BCUT2D eigenvalue weighted by Gasteiger charge is -2.17. The highest BCUT2D eigenvalue weighted by Gasteiger charge is 2.08. The number of rotatable bonds is 10. The number of benzene rings is 1. The minimum Gasteiger partial charge on any atom is -0.545 e. The van der Waals surface area contributed by atoms with Gasteiger partial charge in [-0.2, -0.15) is 0 Å². The van der Waals surface area contributed by atoms with E-state index >= 15 is 0 Å². The third-order valence-electron chi connectivity index (χ3n) is 3.39. The van der Waals surface area contributed by atoms with Gasteiger partial charge in [-0.1, -0.05) is 12.1 Å². The molecule has 5 heteroatoms. The predicted octanol–water partition coefficient (Wildman–Crippen LogP) is 0.152. The van der Waals surface area contributed by atoms with Crippen molar-refractivity contribution in [1.29, 1.82) is 0 Å². The first kappa shape index (κ1) is 18.0. The lowest BCUT2D eigenvalue weighted by atomic mass is 10.2. The first-order valence-corrected chi connectivity index (χ1v) is 7.72. The molecule has 0 saturated heterocycles. The number of hydrogen-bond acceptors (Lipinski definition) is 4. The maximum absolute atomic E-state index is 10.5. The summed E-state index contributed by atoms with van der Waals surface area (Å²) >= 11 is 0. The van der Waals surface area contributed by atoms with E-state index in [9.17, 15) is 9.90 Å². The van der Waals surface area contributed by atoms with E-state index in [4.69, 9.17) is 9.47 Å². The highest BCUT2D eigenvalue weighted by atomic mass is 16.5. The Morgan fingerprint density at radius 1 is 1.18 bits per heavy atom. The van der Waals surface area contributed by atoms with Crippen molar-refractivity contribution >= 4 is 12.0 Å². The van der Waals surface area contributed by atoms with Gasteiger partial charge in [-0.25, -0.2) is 0 Å². The highest BCUT2D eigenvalue weighted by molar-refractivity contribution is 5.83. The Morgan fingerprint density at radius 3 is 2.50 bits per heavy atom. The van der Waals surface area contributed by atoms with Crippen LogP contribution in [0.2, 0.25) is 0 Å². The van der Waals surface area contributed by atoms with E-state index in [2.05, 4.69) is 13.8 Å². The van der Waals surface area contributed by atoms with Crippen molar-refractivity contribution in [1.82, 2.24) is 0 Å². The third-order valence-corrected chi connectivity index (χ3v) is 3.39. The second-order valence-electron chi connectivity index (χ2n) is 4.85. The van der Waals surface area contributed by atoms with Gasteiger partial charge < -0.3 is 24.3 Å². The molecule has 0 aliphatic heterocycles. The highest BCUT2D eigenvalue weighted by Crippen LogP contribution is 2.28. The quantitative estimate of drug-likeness (QED) is 0.625. The van der Waals surface area contributed by atoms with Crippen molar-refractivity contribution in [2.24, 2.45) is 0 Å². The number of quaternary nitrogens is 1. The number of carboxylic acids is 1. The van der Waals surface area contributed by atoms with Crippen molar-refractivity contribution in [3.05, 3.63) is 29.8 Å². The van der Waals surface area contributed by atoms with Crippen LogP contribution in [-0.2, 0) is 4.79 Å². The predicted molar refractivity (Wildman–Crippen MR) is 84.1 cm³/mol. The summed E-state index contributed by atoms with van der Waals surface area (Å²) in [5.74, 6) is 0.0806. The Bertz CT molecular complexity index is 495. The van der Waals surface area contributed by atoms with E-state index in [-0.39, 0.29) is 0 Å². The summed E-state index contributed by atoms with van der Waals surface area (Å²) in [5, 5.41) is 10.5. The summed E-state index contributed by atoms with van der Waals surface area (Å²) in [6.45, 7) is 10.4. The van der Waals surface area contributed by atoms with Crippen LogP contribution in [0.15, 0.2) is 24.3 Å². The average molecular weight is 307 g/mol. The first-order valence-electron chi connectivity index (χ1n) is 7.72. The molecule has 1 N–H and O–H groups in total. The molecule has 1 aromatic rings. The van der Waals surface area contributed by atoms with Crippen molar-refractivity contribution in [3.63, 3.8) is 0 Å². The van der Waals surface area contributed by atoms with Crippen LogP contribution < -0.4 is 19.5 Å². The van der Waals surface area contributed by atoms with Crippen LogP contribution in [0.4, 0.5) is 0 Å². The third kappa shape index (κ3) is 6.18. The van der Waals surface area contributed by atoms with E-state index < -0.39 is 5.97 Å². The number of ether oxygens (including phenoxy) is 2. The SMILES string of the molecule is CCOc1cc(/C=C/C(=O)[O-])ccc1OCC[NH+](CC)CC. The zero-order chi connectivity index (χ0) is 16.4. The molecule has 0 aliphatic carbocycles. The van der Waals surface area contributed by atoms with Crippen LogP contribution in [0.1, 0.15) is 26.3 Å². The van der Waals surface area contributed by atoms with Gasteiger partial charge in [0.25, 0.3) is 0 Å². The molecule has 0 aromatic heterocycles. The Morgan fingerprint density at radius 2 is 1.91 bits per heavy atom. The molecule has 0 bridgehead atoms. The first-order chi connectivity index (χ1) is 10.6. The van der Waals surface area contributed by atoms with Gasteiger partial charge in [-0.15, -0.1) is 0 Å². The van der Waals surface area contributed by atoms with Gasteiger partial charge >= 0.3 is 0 Å². The number of carbonyl (C=O) groups is 1. The molecule has 0 fully saturated rings. The average Bonchev–Trinajstić information content (AvgIpc) is 2.51. The van der Waals surface area contributed by atoms with Crippen LogP contribution in [0.3, 0.4) is 0 Å². The van der Waals surface area contributed by atoms with Crippen molar-refractivity contribution in [2.75, 3.05) is 32.8 Å². The largest absolute Gasteiger partial charge is 0.545 e. The lowest BCUT2D eigenvalue weighted by Crippen LogP contribution is -3.12. The fourth-order valence-electron chi connectivity index (χ4n) is 2.09. The van der Waals surface area contributed by atoms with Crippen LogP contribution in [0.5, 0.6) is 11.5 Å². The molecule has 1 rings (SSSR count). The van der Waals surface area contributed by atoms with Crippen LogP contribution in [0, 0.1) is 0 Å². The second kappa shape index (κ2) is 9.84. The van der Waals surface area contributed by atoms with E-state index in [1.54, 1.807) is 18.2 Å². The molecule has 0 aliphatic rings. The molecule has 0 radical (unpaired) electrons. The number of hydrogen-bond donors (Lipinski definition) is 1. The van der Waals surface area contributed by atoms with Crippen LogP contribution in [-0.4, -0.2) is 38.8 Å². The summed E-state index contributed by atoms with van der Waals surface area (Å²) in [4.78, 5) is 11.9. The molecule has 122 valence electrons. The van der Waals surface area contributed by atoms with Crippen LogP contribution in [0.25, 0.3) is 6.08 Å². The fraction of sp³-hybridized carbons (Fsp3) is 0.471. The minimum absolute atomic E-state index is 0.519. The van der Waals surface area contributed by atoms with Crippen molar-refractivity contribution in [2.45, 2.75) is 20.8 Å². The Hall–Kier alpha value is -2.01. The molecule has 0 heterocycles. The number of carboxylic acid groups (broad SMARTS) is 1. The Kier molecular flexibility index (Phi) is 8.07. The smallest absolute Gasteiger partial charge is 0.161 e. The second-order valence-corrected chi connectivity index (χ2v) is 4.85. The van der Waals surface area contributed by atoms with Gasteiger partial charge in [-0.05, 0) is 44.5 Å². The molecular formula is C17H25NO4. The molecule has 0 atom stereocenters. The van der Waals surface area contributed by atoms with Gasteiger partial charge in [0.2, 0.25) is 0 Å². The van der Waals surface area contributed by atoms with E-state index in [0.29, 0.717) is 24.7 Å². The molecule has 0 amide bonds. The molecule has 22 heavy (non-hydrogen) atoms. The summed E-state index contributed by atoms with van der Waals surface area (Å²) in [6, 6.07) is 5.36. The van der Waals surface area contributed by atoms with E-state index in [0.717, 1.165) is 31.3 Å². The number of carbonyl (C=O) groups excluding carboxylic acids is 1. The Labute approximate surface area is 132 Å². The van der Waals surface area contributed by atoms with E-state index in [1.165, 1.54) is 11.0 Å². The Balaban J connectivity index is 2.74. The molecule has 1 aromatic carbocycles. The topological polar surface area (TPSA) is 63.0 Å². The zero-order valence-electron chi connectivity index (χ0n) is 13.6. The summed E-state index contributed by atoms with van der Waals surface area (Å²) in [7, 11) is 0. The molecular weight excluding hydrogens is 282 g/mol. The van der Waals surface area contributed by atoms with Gasteiger partial charge in [-0.3, -0.25) is 0 Å². The number of likely N-dealkylation sites (N-methyl/N-ethyl adjacent to an activating group) is 1. The summed E-state index contributed by atoms with van der Waals surface area (Å²) in [6.07, 6.45) is 2.47. The molecule has 5 nitrogen and oxygen atoms in total. The van der Waals surface area contributed by atoms with Crippen molar-refractivity contribution in [3.8, 4) is 11.5 Å². The number of nitrogens with one attached hydrogen (secondary N) is 1. The van der Waals surface area contributed by atoms with Gasteiger partial charge in [0.1, 0.15) is 13.2 Å². The van der Waals surface area contributed by atoms with Crippen molar-refractivity contribution < 1.29 is 24.3 Å². The van der Waals surface area contributed by atoms with E-state index in [1.807, 2.05) is 6.92 Å². The monoisotopic (exact) mass is 307 g/mol. The van der Waals surface area contributed by atoms with Gasteiger partial charge in [0, 0.05) is 0 Å². The van der Waals surface area contributed by atoms with Gasteiger partial charge in [0.05, 0.1) is 25.7 Å². The maximum atomic E-state index is 10.5. The normalized spacial score (nSPS) is 11.1. The van der Waals surface area contributed by atoms with Gasteiger partial charge in [0.15, 0.2) is 11.5 Å². The summed E-state index contributed by atoms with van der Waals surface area (Å²) in [5.41, 5.74) is 0.731. The zero-order valence-corrected chi connectivity index (χ0v) is 13.6. The molecule has 0 unspecified atom stereocenters. The summed E-state index contributed by atoms with van der Waals surface area (Å²) < 4.78 is 11.4. The molecule has 0 spiro atoms. The maximum Gasteiger partial charge on any atom is 0.161 e. The number of aliphatic carboxylic acids is 1. The lowest BCUT2D eigenvalue weighted by molar-refractivity contribution is -0.896.